The summed E-state index contributed by atoms with van der Waals surface area (Å²) in [5.41, 5.74) is 3.03. The topological polar surface area (TPSA) is 62.5 Å². The smallest absolute Gasteiger partial charge is 0.341 e. The third-order valence-corrected chi connectivity index (χ3v) is 6.16. The molecule has 1 fully saturated rings. The number of pyridine rings is 1. The second-order valence-electron chi connectivity index (χ2n) is 8.31. The van der Waals surface area contributed by atoms with Crippen molar-refractivity contribution in [3.63, 3.8) is 0 Å². The molecule has 1 aliphatic carbocycles. The van der Waals surface area contributed by atoms with Gasteiger partial charge in [-0.3, -0.25) is 9.69 Å². The van der Waals surface area contributed by atoms with Crippen LogP contribution in [-0.4, -0.2) is 33.8 Å². The molecule has 0 saturated heterocycles. The number of aromatic carboxylic acids is 1. The molecule has 2 aliphatic rings. The van der Waals surface area contributed by atoms with Gasteiger partial charge < -0.3 is 9.67 Å². The van der Waals surface area contributed by atoms with Crippen LogP contribution in [0.25, 0.3) is 22.0 Å². The van der Waals surface area contributed by atoms with E-state index in [1.54, 1.807) is 6.92 Å². The Balaban J connectivity index is 1.80. The van der Waals surface area contributed by atoms with Gasteiger partial charge in [-0.25, -0.2) is 13.6 Å². The summed E-state index contributed by atoms with van der Waals surface area (Å²) in [6, 6.07) is 6.35. The monoisotopic (exact) mass is 410 g/mol. The first-order valence-electron chi connectivity index (χ1n) is 9.82. The highest BCUT2D eigenvalue weighted by Crippen LogP contribution is 2.42. The SMILES string of the molecule is Cc1c(-c2ccc3c(c2)CN(C)C3)c(F)cc2c(=O)c(C(=O)O)cn([C@@H]3C[C@@H]3F)c12. The number of halogens is 2. The fraction of sp³-hybridized carbons (Fsp3) is 0.304. The first-order valence-corrected chi connectivity index (χ1v) is 9.82. The van der Waals surface area contributed by atoms with Crippen LogP contribution < -0.4 is 5.43 Å². The fourth-order valence-corrected chi connectivity index (χ4v) is 4.61. The Morgan fingerprint density at radius 2 is 1.90 bits per heavy atom. The Morgan fingerprint density at radius 3 is 2.57 bits per heavy atom. The van der Waals surface area contributed by atoms with Crippen molar-refractivity contribution in [3.8, 4) is 11.1 Å². The number of carbonyl (C=O) groups is 1. The molecule has 0 spiro atoms. The van der Waals surface area contributed by atoms with Gasteiger partial charge in [-0.15, -0.1) is 0 Å². The van der Waals surface area contributed by atoms with Gasteiger partial charge in [-0.2, -0.15) is 0 Å². The first-order chi connectivity index (χ1) is 14.3. The molecule has 7 heteroatoms. The number of hydrogen-bond acceptors (Lipinski definition) is 3. The van der Waals surface area contributed by atoms with Gasteiger partial charge in [0.2, 0.25) is 5.43 Å². The van der Waals surface area contributed by atoms with Crippen molar-refractivity contribution in [1.29, 1.82) is 0 Å². The van der Waals surface area contributed by atoms with Crippen molar-refractivity contribution >= 4 is 16.9 Å². The maximum atomic E-state index is 15.3. The van der Waals surface area contributed by atoms with Gasteiger partial charge in [-0.1, -0.05) is 12.1 Å². The molecule has 1 aliphatic heterocycles. The lowest BCUT2D eigenvalue weighted by Gasteiger charge is -2.18. The summed E-state index contributed by atoms with van der Waals surface area (Å²) in [5, 5.41) is 9.36. The number of hydrogen-bond donors (Lipinski definition) is 1. The minimum absolute atomic E-state index is 0.0337. The van der Waals surface area contributed by atoms with Crippen LogP contribution in [0.3, 0.4) is 0 Å². The largest absolute Gasteiger partial charge is 0.477 e. The van der Waals surface area contributed by atoms with E-state index in [9.17, 15) is 19.1 Å². The summed E-state index contributed by atoms with van der Waals surface area (Å²) in [6.45, 7) is 3.31. The van der Waals surface area contributed by atoms with Crippen molar-refractivity contribution in [2.24, 2.45) is 0 Å². The summed E-state index contributed by atoms with van der Waals surface area (Å²) in [6.07, 6.45) is 0.332. The third kappa shape index (κ3) is 2.76. The van der Waals surface area contributed by atoms with Gasteiger partial charge in [-0.05, 0) is 48.4 Å². The van der Waals surface area contributed by atoms with Gasteiger partial charge in [0, 0.05) is 36.7 Å². The second-order valence-corrected chi connectivity index (χ2v) is 8.31. The maximum absolute atomic E-state index is 15.3. The van der Waals surface area contributed by atoms with Crippen LogP contribution >= 0.6 is 0 Å². The van der Waals surface area contributed by atoms with E-state index < -0.39 is 35.0 Å². The molecule has 3 aromatic rings. The van der Waals surface area contributed by atoms with Gasteiger partial charge in [0.15, 0.2) is 0 Å². The normalized spacial score (nSPS) is 20.5. The van der Waals surface area contributed by atoms with Gasteiger partial charge in [0.05, 0.1) is 11.6 Å². The lowest BCUT2D eigenvalue weighted by atomic mass is 9.94. The summed E-state index contributed by atoms with van der Waals surface area (Å²) in [4.78, 5) is 26.4. The van der Waals surface area contributed by atoms with E-state index in [0.29, 0.717) is 22.2 Å². The van der Waals surface area contributed by atoms with Gasteiger partial charge >= 0.3 is 5.97 Å². The molecular weight excluding hydrogens is 390 g/mol. The van der Waals surface area contributed by atoms with Crippen LogP contribution in [0, 0.1) is 12.7 Å². The molecule has 1 aromatic heterocycles. The van der Waals surface area contributed by atoms with E-state index in [-0.39, 0.29) is 11.8 Å². The van der Waals surface area contributed by atoms with Crippen LogP contribution in [-0.2, 0) is 13.1 Å². The zero-order chi connectivity index (χ0) is 21.3. The van der Waals surface area contributed by atoms with Crippen LogP contribution in [0.4, 0.5) is 8.78 Å². The van der Waals surface area contributed by atoms with Gasteiger partial charge in [0.1, 0.15) is 17.6 Å². The molecule has 0 radical (unpaired) electrons. The number of aryl methyl sites for hydroxylation is 1. The molecule has 0 bridgehead atoms. The zero-order valence-corrected chi connectivity index (χ0v) is 16.6. The Hall–Kier alpha value is -3.06. The highest BCUT2D eigenvalue weighted by molar-refractivity contribution is 5.96. The molecule has 5 rings (SSSR count). The molecule has 5 nitrogen and oxygen atoms in total. The Kier molecular flexibility index (Phi) is 4.08. The highest BCUT2D eigenvalue weighted by atomic mass is 19.1. The van der Waals surface area contributed by atoms with E-state index in [4.69, 9.17) is 0 Å². The molecular formula is C23H20F2N2O3. The van der Waals surface area contributed by atoms with Crippen molar-refractivity contribution < 1.29 is 18.7 Å². The number of fused-ring (bicyclic) bond motifs is 2. The van der Waals surface area contributed by atoms with E-state index in [1.807, 2.05) is 25.2 Å². The van der Waals surface area contributed by atoms with Crippen LogP contribution in [0.1, 0.15) is 39.5 Å². The van der Waals surface area contributed by atoms with Crippen molar-refractivity contribution in [2.75, 3.05) is 7.05 Å². The zero-order valence-electron chi connectivity index (χ0n) is 16.6. The van der Waals surface area contributed by atoms with E-state index >= 15 is 4.39 Å². The molecule has 2 atom stereocenters. The van der Waals surface area contributed by atoms with E-state index in [0.717, 1.165) is 24.7 Å². The number of alkyl halides is 1. The lowest BCUT2D eigenvalue weighted by Crippen LogP contribution is -2.20. The number of benzene rings is 2. The molecule has 2 heterocycles. The highest BCUT2D eigenvalue weighted by Gasteiger charge is 2.40. The Morgan fingerprint density at radius 1 is 1.20 bits per heavy atom. The molecule has 1 saturated carbocycles. The third-order valence-electron chi connectivity index (χ3n) is 6.16. The summed E-state index contributed by atoms with van der Waals surface area (Å²) in [7, 11) is 2.02. The van der Waals surface area contributed by atoms with Crippen LogP contribution in [0.5, 0.6) is 0 Å². The second kappa shape index (κ2) is 6.47. The van der Waals surface area contributed by atoms with E-state index in [1.165, 1.54) is 16.3 Å². The van der Waals surface area contributed by atoms with Crippen LogP contribution in [0.15, 0.2) is 35.3 Å². The van der Waals surface area contributed by atoms with Crippen molar-refractivity contribution in [3.05, 3.63) is 68.8 Å². The minimum atomic E-state index is -1.41. The predicted octanol–water partition coefficient (Wildman–Crippen LogP) is 4.04. The average Bonchev–Trinajstić information content (AvgIpc) is 3.28. The lowest BCUT2D eigenvalue weighted by molar-refractivity contribution is 0.0694. The minimum Gasteiger partial charge on any atom is -0.477 e. The molecule has 154 valence electrons. The Bertz CT molecular complexity index is 1300. The number of aromatic nitrogens is 1. The first kappa shape index (κ1) is 18.9. The van der Waals surface area contributed by atoms with Gasteiger partial charge in [0.25, 0.3) is 0 Å². The molecule has 1 N–H and O–H groups in total. The number of rotatable bonds is 3. The summed E-state index contributed by atoms with van der Waals surface area (Å²) < 4.78 is 30.7. The Labute approximate surface area is 171 Å². The molecule has 30 heavy (non-hydrogen) atoms. The summed E-state index contributed by atoms with van der Waals surface area (Å²) >= 11 is 0. The van der Waals surface area contributed by atoms with Crippen LogP contribution in [0.2, 0.25) is 0 Å². The summed E-state index contributed by atoms with van der Waals surface area (Å²) in [5.74, 6) is -2.00. The number of carboxylic acids is 1. The quantitative estimate of drug-likeness (QED) is 0.708. The number of nitrogens with zero attached hydrogens (tertiary/aromatic N) is 2. The average molecular weight is 410 g/mol. The fourth-order valence-electron chi connectivity index (χ4n) is 4.61. The maximum Gasteiger partial charge on any atom is 0.341 e. The molecule has 2 aromatic carbocycles. The predicted molar refractivity (Wildman–Crippen MR) is 109 cm³/mol. The van der Waals surface area contributed by atoms with Crippen molar-refractivity contribution in [1.82, 2.24) is 9.47 Å². The van der Waals surface area contributed by atoms with Crippen molar-refractivity contribution in [2.45, 2.75) is 38.6 Å². The van der Waals surface area contributed by atoms with E-state index in [2.05, 4.69) is 4.90 Å². The molecule has 0 amide bonds. The molecule has 0 unspecified atom stereocenters. The number of carboxylic acid groups (broad SMARTS) is 1. The standard InChI is InChI=1S/C23H20F2N2O3/c1-11-20(12-3-4-13-8-26(2)9-14(13)5-12)18(25)6-15-21(11)27(19-7-17(19)24)10-16(22(15)28)23(29)30/h3-6,10,17,19H,7-9H2,1-2H3,(H,29,30)/t17-,19+/m0/s1.